The highest BCUT2D eigenvalue weighted by Crippen LogP contribution is 2.25. The van der Waals surface area contributed by atoms with Crippen LogP contribution in [0.2, 0.25) is 0 Å². The summed E-state index contributed by atoms with van der Waals surface area (Å²) in [7, 11) is 0. The summed E-state index contributed by atoms with van der Waals surface area (Å²) in [5.41, 5.74) is 3.07. The molecular weight excluding hydrogens is 222 g/mol. The third-order valence-electron chi connectivity index (χ3n) is 2.67. The van der Waals surface area contributed by atoms with E-state index in [1.807, 2.05) is 19.2 Å². The summed E-state index contributed by atoms with van der Waals surface area (Å²) in [5, 5.41) is -0.0832. The van der Waals surface area contributed by atoms with Crippen molar-refractivity contribution in [1.82, 2.24) is 14.5 Å². The zero-order chi connectivity index (χ0) is 11.7. The average molecular weight is 238 g/mol. The molecule has 2 rings (SSSR count). The van der Waals surface area contributed by atoms with Crippen LogP contribution in [0.4, 0.5) is 0 Å². The van der Waals surface area contributed by atoms with Crippen molar-refractivity contribution >= 4 is 22.8 Å². The lowest BCUT2D eigenvalue weighted by molar-refractivity contribution is 0.650. The molecule has 86 valence electrons. The van der Waals surface area contributed by atoms with Crippen molar-refractivity contribution in [1.29, 1.82) is 0 Å². The Labute approximate surface area is 100 Å². The van der Waals surface area contributed by atoms with Crippen LogP contribution >= 0.6 is 11.6 Å². The van der Waals surface area contributed by atoms with Gasteiger partial charge in [0.2, 0.25) is 0 Å². The van der Waals surface area contributed by atoms with E-state index in [2.05, 4.69) is 28.4 Å². The Morgan fingerprint density at radius 1 is 1.50 bits per heavy atom. The number of pyridine rings is 1. The van der Waals surface area contributed by atoms with E-state index in [1.54, 1.807) is 0 Å². The molecule has 0 spiro atoms. The minimum Gasteiger partial charge on any atom is -0.311 e. The Morgan fingerprint density at radius 2 is 2.25 bits per heavy atom. The van der Waals surface area contributed by atoms with Gasteiger partial charge in [-0.25, -0.2) is 9.97 Å². The molecule has 0 amide bonds. The Bertz CT molecular complexity index is 502. The largest absolute Gasteiger partial charge is 0.311 e. The lowest BCUT2D eigenvalue weighted by Gasteiger charge is -2.07. The highest BCUT2D eigenvalue weighted by atomic mass is 35.5. The Hall–Kier alpha value is -1.09. The summed E-state index contributed by atoms with van der Waals surface area (Å²) in [6.45, 7) is 7.06. The molecule has 0 saturated carbocycles. The van der Waals surface area contributed by atoms with Crippen LogP contribution in [0.25, 0.3) is 11.2 Å². The molecule has 0 fully saturated rings. The van der Waals surface area contributed by atoms with Gasteiger partial charge in [0.1, 0.15) is 11.3 Å². The summed E-state index contributed by atoms with van der Waals surface area (Å²) < 4.78 is 2.12. The SMILES string of the molecule is CCCn1c(C(C)Cl)nc2c(C)ccnc21. The van der Waals surface area contributed by atoms with E-state index in [9.17, 15) is 0 Å². The number of aromatic nitrogens is 3. The maximum absolute atomic E-state index is 6.16. The van der Waals surface area contributed by atoms with Gasteiger partial charge < -0.3 is 4.57 Å². The number of imidazole rings is 1. The molecule has 0 bridgehead atoms. The fourth-order valence-electron chi connectivity index (χ4n) is 1.90. The molecule has 3 nitrogen and oxygen atoms in total. The van der Waals surface area contributed by atoms with Crippen LogP contribution in [0.1, 0.15) is 37.0 Å². The Balaban J connectivity index is 2.70. The van der Waals surface area contributed by atoms with E-state index in [0.717, 1.165) is 35.5 Å². The summed E-state index contributed by atoms with van der Waals surface area (Å²) in [4.78, 5) is 9.00. The maximum atomic E-state index is 6.16. The maximum Gasteiger partial charge on any atom is 0.160 e. The van der Waals surface area contributed by atoms with Crippen LogP contribution in [0, 0.1) is 6.92 Å². The van der Waals surface area contributed by atoms with Gasteiger partial charge in [-0.2, -0.15) is 0 Å². The topological polar surface area (TPSA) is 30.7 Å². The van der Waals surface area contributed by atoms with Gasteiger partial charge in [-0.3, -0.25) is 0 Å². The molecule has 16 heavy (non-hydrogen) atoms. The predicted molar refractivity (Wildman–Crippen MR) is 66.8 cm³/mol. The van der Waals surface area contributed by atoms with Gasteiger partial charge >= 0.3 is 0 Å². The Morgan fingerprint density at radius 3 is 2.88 bits per heavy atom. The van der Waals surface area contributed by atoms with Gasteiger partial charge in [0.15, 0.2) is 5.65 Å². The molecular formula is C12H16ClN3. The summed E-state index contributed by atoms with van der Waals surface area (Å²) in [6.07, 6.45) is 2.88. The van der Waals surface area contributed by atoms with Gasteiger partial charge in [0.05, 0.1) is 5.38 Å². The van der Waals surface area contributed by atoms with Crippen LogP contribution in [0.15, 0.2) is 12.3 Å². The molecule has 0 radical (unpaired) electrons. The van der Waals surface area contributed by atoms with Gasteiger partial charge in [0, 0.05) is 12.7 Å². The van der Waals surface area contributed by atoms with Crippen LogP contribution in [-0.2, 0) is 6.54 Å². The number of fused-ring (bicyclic) bond motifs is 1. The van der Waals surface area contributed by atoms with Crippen molar-refractivity contribution in [3.63, 3.8) is 0 Å². The number of hydrogen-bond acceptors (Lipinski definition) is 2. The normalized spacial score (nSPS) is 13.2. The van der Waals surface area contributed by atoms with E-state index >= 15 is 0 Å². The Kier molecular flexibility index (Phi) is 3.15. The van der Waals surface area contributed by atoms with Gasteiger partial charge in [-0.15, -0.1) is 11.6 Å². The van der Waals surface area contributed by atoms with Crippen molar-refractivity contribution < 1.29 is 0 Å². The van der Waals surface area contributed by atoms with E-state index < -0.39 is 0 Å². The molecule has 0 aromatic carbocycles. The van der Waals surface area contributed by atoms with Crippen LogP contribution < -0.4 is 0 Å². The number of nitrogens with zero attached hydrogens (tertiary/aromatic N) is 3. The second-order valence-electron chi connectivity index (χ2n) is 4.04. The monoisotopic (exact) mass is 237 g/mol. The van der Waals surface area contributed by atoms with E-state index in [1.165, 1.54) is 0 Å². The highest BCUT2D eigenvalue weighted by Gasteiger charge is 2.15. The number of alkyl halides is 1. The molecule has 0 saturated heterocycles. The highest BCUT2D eigenvalue weighted by molar-refractivity contribution is 6.20. The molecule has 4 heteroatoms. The van der Waals surface area contributed by atoms with E-state index in [-0.39, 0.29) is 5.38 Å². The number of halogens is 1. The number of rotatable bonds is 3. The standard InChI is InChI=1S/C12H16ClN3/c1-4-7-16-11(9(3)13)15-10-8(2)5-6-14-12(10)16/h5-6,9H,4,7H2,1-3H3. The molecule has 0 aliphatic carbocycles. The summed E-state index contributed by atoms with van der Waals surface area (Å²) in [6, 6.07) is 1.98. The van der Waals surface area contributed by atoms with Crippen LogP contribution in [-0.4, -0.2) is 14.5 Å². The van der Waals surface area contributed by atoms with Gasteiger partial charge in [-0.1, -0.05) is 6.92 Å². The lowest BCUT2D eigenvalue weighted by Crippen LogP contribution is -2.04. The van der Waals surface area contributed by atoms with E-state index in [4.69, 9.17) is 11.6 Å². The first-order valence-electron chi connectivity index (χ1n) is 5.61. The second-order valence-corrected chi connectivity index (χ2v) is 4.69. The third-order valence-corrected chi connectivity index (χ3v) is 2.86. The van der Waals surface area contributed by atoms with Crippen molar-refractivity contribution in [2.75, 3.05) is 0 Å². The van der Waals surface area contributed by atoms with Gasteiger partial charge in [-0.05, 0) is 31.9 Å². The van der Waals surface area contributed by atoms with Crippen LogP contribution in [0.3, 0.4) is 0 Å². The second kappa shape index (κ2) is 4.42. The summed E-state index contributed by atoms with van der Waals surface area (Å²) in [5.74, 6) is 0.917. The summed E-state index contributed by atoms with van der Waals surface area (Å²) >= 11 is 6.16. The third kappa shape index (κ3) is 1.80. The van der Waals surface area contributed by atoms with Crippen molar-refractivity contribution in [2.45, 2.75) is 39.1 Å². The first-order chi connectivity index (χ1) is 7.65. The van der Waals surface area contributed by atoms with E-state index in [0.29, 0.717) is 0 Å². The zero-order valence-corrected chi connectivity index (χ0v) is 10.6. The quantitative estimate of drug-likeness (QED) is 0.766. The first kappa shape index (κ1) is 11.4. The number of hydrogen-bond donors (Lipinski definition) is 0. The fraction of sp³-hybridized carbons (Fsp3) is 0.500. The van der Waals surface area contributed by atoms with Crippen LogP contribution in [0.5, 0.6) is 0 Å². The lowest BCUT2D eigenvalue weighted by atomic mass is 10.3. The predicted octanol–water partition coefficient (Wildman–Crippen LogP) is 3.45. The molecule has 0 aliphatic rings. The zero-order valence-electron chi connectivity index (χ0n) is 9.87. The number of aryl methyl sites for hydroxylation is 2. The molecule has 1 atom stereocenters. The van der Waals surface area contributed by atoms with Crippen molar-refractivity contribution in [3.8, 4) is 0 Å². The van der Waals surface area contributed by atoms with Crippen molar-refractivity contribution in [2.24, 2.45) is 0 Å². The molecule has 2 aromatic heterocycles. The fourth-order valence-corrected chi connectivity index (χ4v) is 2.07. The minimum absolute atomic E-state index is 0.0832. The average Bonchev–Trinajstić information content (AvgIpc) is 2.60. The van der Waals surface area contributed by atoms with Crippen molar-refractivity contribution in [3.05, 3.63) is 23.7 Å². The molecule has 0 N–H and O–H groups in total. The van der Waals surface area contributed by atoms with Gasteiger partial charge in [0.25, 0.3) is 0 Å². The first-order valence-corrected chi connectivity index (χ1v) is 6.04. The molecule has 2 heterocycles. The minimum atomic E-state index is -0.0832. The molecule has 1 unspecified atom stereocenters. The molecule has 2 aromatic rings. The smallest absolute Gasteiger partial charge is 0.160 e. The molecule has 0 aliphatic heterocycles.